The van der Waals surface area contributed by atoms with Crippen LogP contribution in [-0.2, 0) is 19.9 Å². The molecular weight excluding hydrogens is 472 g/mol. The molecule has 0 spiro atoms. The van der Waals surface area contributed by atoms with Gasteiger partial charge >= 0.3 is 5.97 Å². The highest BCUT2D eigenvalue weighted by atomic mass is 19.3. The van der Waals surface area contributed by atoms with Gasteiger partial charge in [-0.15, -0.1) is 0 Å². The van der Waals surface area contributed by atoms with Gasteiger partial charge in [0.05, 0.1) is 13.1 Å². The number of carbonyl (C=O) groups excluding carboxylic acids is 2. The molecule has 11 heteroatoms. The van der Waals surface area contributed by atoms with Crippen LogP contribution in [0.15, 0.2) is 43.0 Å². The summed E-state index contributed by atoms with van der Waals surface area (Å²) in [6.07, 6.45) is 2.38. The summed E-state index contributed by atoms with van der Waals surface area (Å²) in [6, 6.07) is 7.32. The summed E-state index contributed by atoms with van der Waals surface area (Å²) in [6.45, 7) is 1.56. The second kappa shape index (κ2) is 9.11. The number of amides is 1. The van der Waals surface area contributed by atoms with E-state index in [9.17, 15) is 23.5 Å². The van der Waals surface area contributed by atoms with E-state index in [0.717, 1.165) is 0 Å². The summed E-state index contributed by atoms with van der Waals surface area (Å²) in [5.41, 5.74) is 3.84. The maximum atomic E-state index is 14.1. The molecule has 3 saturated heterocycles. The van der Waals surface area contributed by atoms with Gasteiger partial charge in [-0.25, -0.2) is 28.5 Å². The molecule has 3 N–H and O–H groups in total. The van der Waals surface area contributed by atoms with Gasteiger partial charge in [-0.05, 0) is 12.0 Å². The van der Waals surface area contributed by atoms with Crippen molar-refractivity contribution in [3.8, 4) is 0 Å². The first-order valence-electron chi connectivity index (χ1n) is 12.3. The number of nitrogens with zero attached hydrogens (tertiary/aromatic N) is 4. The summed E-state index contributed by atoms with van der Waals surface area (Å²) in [7, 11) is 0. The second-order valence-electron chi connectivity index (χ2n) is 10.4. The van der Waals surface area contributed by atoms with Crippen LogP contribution in [0.3, 0.4) is 0 Å². The fraction of sp³-hybridized carbons (Fsp3) is 0.560. The Morgan fingerprint density at radius 1 is 1.14 bits per heavy atom. The summed E-state index contributed by atoms with van der Waals surface area (Å²) < 4.78 is 34.5. The second-order valence-corrected chi connectivity index (χ2v) is 10.4. The van der Waals surface area contributed by atoms with Crippen LogP contribution in [0.4, 0.5) is 8.78 Å². The lowest BCUT2D eigenvalue weighted by Gasteiger charge is -2.54. The van der Waals surface area contributed by atoms with E-state index in [0.29, 0.717) is 32.5 Å². The van der Waals surface area contributed by atoms with Crippen LogP contribution < -0.4 is 5.73 Å². The highest BCUT2D eigenvalue weighted by Crippen LogP contribution is 2.49. The van der Waals surface area contributed by atoms with Crippen molar-refractivity contribution in [3.63, 3.8) is 0 Å². The first-order chi connectivity index (χ1) is 17.1. The predicted octanol–water partition coefficient (Wildman–Crippen LogP) is 1.87. The van der Waals surface area contributed by atoms with Crippen LogP contribution in [0.2, 0.25) is 0 Å². The van der Waals surface area contributed by atoms with E-state index < -0.39 is 54.3 Å². The number of benzene rings is 1. The summed E-state index contributed by atoms with van der Waals surface area (Å²) in [4.78, 5) is 38.3. The minimum atomic E-state index is -2.95. The van der Waals surface area contributed by atoms with Gasteiger partial charge in [-0.2, -0.15) is 0 Å². The lowest BCUT2D eigenvalue weighted by atomic mass is 9.79. The summed E-state index contributed by atoms with van der Waals surface area (Å²) in [5, 5.41) is 11.7. The molecule has 1 aliphatic carbocycles. The first-order valence-corrected chi connectivity index (χ1v) is 12.3. The highest BCUT2D eigenvalue weighted by Gasteiger charge is 2.58. The van der Waals surface area contributed by atoms with Crippen molar-refractivity contribution >= 4 is 11.9 Å². The summed E-state index contributed by atoms with van der Waals surface area (Å²) in [5.74, 6) is -5.14. The van der Waals surface area contributed by atoms with Gasteiger partial charge in [0, 0.05) is 37.5 Å². The molecule has 1 saturated carbocycles. The molecule has 192 valence electrons. The molecule has 0 radical (unpaired) electrons. The van der Waals surface area contributed by atoms with Gasteiger partial charge in [-0.1, -0.05) is 30.3 Å². The third kappa shape index (κ3) is 4.24. The molecule has 1 aromatic heterocycles. The number of quaternary nitrogens is 1. The van der Waals surface area contributed by atoms with E-state index in [2.05, 4.69) is 15.0 Å². The average Bonchev–Trinajstić information content (AvgIpc) is 3.25. The molecule has 3 aliphatic heterocycles. The van der Waals surface area contributed by atoms with Gasteiger partial charge in [0.15, 0.2) is 17.5 Å². The third-order valence-corrected chi connectivity index (χ3v) is 8.31. The number of fused-ring (bicyclic) bond motifs is 3. The summed E-state index contributed by atoms with van der Waals surface area (Å²) >= 11 is 0. The fourth-order valence-corrected chi connectivity index (χ4v) is 6.44. The van der Waals surface area contributed by atoms with E-state index in [-0.39, 0.29) is 28.2 Å². The number of nitrogens with two attached hydrogens (primary N) is 1. The number of hydrogen-bond donors (Lipinski definition) is 2. The third-order valence-electron chi connectivity index (χ3n) is 8.31. The van der Waals surface area contributed by atoms with Crippen LogP contribution in [0, 0.1) is 11.8 Å². The lowest BCUT2D eigenvalue weighted by molar-refractivity contribution is -0.965. The molecule has 3 unspecified atom stereocenters. The minimum absolute atomic E-state index is 0.00468. The van der Waals surface area contributed by atoms with Crippen molar-refractivity contribution in [1.82, 2.24) is 15.0 Å². The Morgan fingerprint density at radius 2 is 1.81 bits per heavy atom. The van der Waals surface area contributed by atoms with Gasteiger partial charge in [0.2, 0.25) is 12.0 Å². The predicted molar refractivity (Wildman–Crippen MR) is 122 cm³/mol. The molecule has 1 aromatic carbocycles. The number of piperidine rings is 3. The molecule has 2 aromatic rings. The van der Waals surface area contributed by atoms with Gasteiger partial charge in [0.25, 0.3) is 5.91 Å². The van der Waals surface area contributed by atoms with Crippen LogP contribution in [0.1, 0.15) is 49.5 Å². The molecule has 4 atom stereocenters. The maximum absolute atomic E-state index is 14.1. The Balaban J connectivity index is 1.43. The maximum Gasteiger partial charge on any atom is 0.343 e. The Labute approximate surface area is 207 Å². The van der Waals surface area contributed by atoms with Crippen molar-refractivity contribution in [3.05, 3.63) is 54.4 Å². The molecule has 4 heterocycles. The molecule has 6 rings (SSSR count). The van der Waals surface area contributed by atoms with E-state index in [4.69, 9.17) is 10.5 Å². The van der Waals surface area contributed by atoms with E-state index >= 15 is 0 Å². The van der Waals surface area contributed by atoms with Crippen LogP contribution >= 0.6 is 0 Å². The number of hydrogen-bond acceptors (Lipinski definition) is 7. The molecule has 36 heavy (non-hydrogen) atoms. The highest BCUT2D eigenvalue weighted by molar-refractivity contribution is 5.82. The number of alkyl halides is 2. The van der Waals surface area contributed by atoms with Gasteiger partial charge in [0.1, 0.15) is 19.2 Å². The zero-order chi connectivity index (χ0) is 25.6. The Hall–Kier alpha value is -3.05. The number of carbonyl (C=O) groups is 2. The van der Waals surface area contributed by atoms with Crippen molar-refractivity contribution in [1.29, 1.82) is 0 Å². The van der Waals surface area contributed by atoms with Crippen molar-refractivity contribution in [2.24, 2.45) is 17.6 Å². The number of primary amides is 1. The molecular formula is C25H30F2N5O4+. The average molecular weight is 503 g/mol. The number of ether oxygens (including phenoxy) is 1. The zero-order valence-corrected chi connectivity index (χ0v) is 19.8. The van der Waals surface area contributed by atoms with Gasteiger partial charge in [-0.3, -0.25) is 4.79 Å². The van der Waals surface area contributed by atoms with E-state index in [1.807, 2.05) is 0 Å². The first kappa shape index (κ1) is 24.6. The monoisotopic (exact) mass is 502 g/mol. The van der Waals surface area contributed by atoms with Crippen molar-refractivity contribution in [2.45, 2.75) is 55.8 Å². The van der Waals surface area contributed by atoms with E-state index in [1.54, 1.807) is 30.3 Å². The molecule has 4 aliphatic rings. The van der Waals surface area contributed by atoms with Crippen LogP contribution in [-0.4, -0.2) is 68.1 Å². The standard InChI is InChI=1S/C25H29F2N5O4/c26-24(27)9-6-18(12-24)25(35,17-4-2-1-3-5-17)23(34)36-19-13-32(10-7-16(19)8-11-32)20(21(28)33)22-30-14-29-15-31-22/h1-5,14-16,18-20,35H,6-13H2,(H-,28,33)/p+1/t16?,18?,19-,20?,25?,32?/m0/s1. The number of aliphatic hydroxyl groups is 1. The van der Waals surface area contributed by atoms with Crippen LogP contribution in [0.25, 0.3) is 0 Å². The number of halogens is 2. The minimum Gasteiger partial charge on any atom is -0.454 e. The quantitative estimate of drug-likeness (QED) is 0.437. The fourth-order valence-electron chi connectivity index (χ4n) is 6.44. The molecule has 1 amide bonds. The number of aromatic nitrogens is 3. The number of rotatable bonds is 7. The largest absolute Gasteiger partial charge is 0.454 e. The molecule has 4 fully saturated rings. The number of esters is 1. The lowest BCUT2D eigenvalue weighted by Crippen LogP contribution is -2.68. The normalized spacial score (nSPS) is 31.4. The Bertz CT molecular complexity index is 1110. The van der Waals surface area contributed by atoms with Crippen molar-refractivity contribution < 1.29 is 32.7 Å². The van der Waals surface area contributed by atoms with E-state index in [1.165, 1.54) is 12.7 Å². The zero-order valence-electron chi connectivity index (χ0n) is 19.8. The molecule has 9 nitrogen and oxygen atoms in total. The molecule has 2 bridgehead atoms. The van der Waals surface area contributed by atoms with Gasteiger partial charge < -0.3 is 20.1 Å². The van der Waals surface area contributed by atoms with Crippen LogP contribution in [0.5, 0.6) is 0 Å². The van der Waals surface area contributed by atoms with Crippen molar-refractivity contribution in [2.75, 3.05) is 19.6 Å². The Kier molecular flexibility index (Phi) is 6.24. The SMILES string of the molecule is NC(=O)C(c1ncncn1)[N+]12CCC(CC1)[C@@H](OC(=O)C(O)(c1ccccc1)C1CCC(F)(F)C1)C2. The smallest absolute Gasteiger partial charge is 0.343 e. The topological polar surface area (TPSA) is 128 Å². The Morgan fingerprint density at radius 3 is 2.39 bits per heavy atom.